The summed E-state index contributed by atoms with van der Waals surface area (Å²) in [6.07, 6.45) is 0. The number of carbonyl (C=O) groups is 2. The van der Waals surface area contributed by atoms with E-state index in [0.717, 1.165) is 11.3 Å². The molecule has 1 aromatic heterocycles. The van der Waals surface area contributed by atoms with Crippen LogP contribution >= 0.6 is 11.8 Å². The van der Waals surface area contributed by atoms with Gasteiger partial charge in [0.15, 0.2) is 0 Å². The lowest BCUT2D eigenvalue weighted by Crippen LogP contribution is -2.40. The molecule has 0 radical (unpaired) electrons. The van der Waals surface area contributed by atoms with Crippen molar-refractivity contribution in [3.8, 4) is 0 Å². The quantitative estimate of drug-likeness (QED) is 0.472. The molecule has 1 fully saturated rings. The molecule has 0 aliphatic carbocycles. The molecule has 13 heteroatoms. The van der Waals surface area contributed by atoms with Gasteiger partial charge in [-0.05, 0) is 24.3 Å². The van der Waals surface area contributed by atoms with Crippen LogP contribution in [0.4, 0.5) is 5.82 Å². The second kappa shape index (κ2) is 10.9. The first-order valence-electron chi connectivity index (χ1n) is 10.8. The molecule has 2 amide bonds. The minimum atomic E-state index is -3.64. The smallest absolute Gasteiger partial charge is 0.256 e. The number of fused-ring (bicyclic) bond motifs is 1. The van der Waals surface area contributed by atoms with Crippen molar-refractivity contribution >= 4 is 39.4 Å². The minimum absolute atomic E-state index is 0.0340. The van der Waals surface area contributed by atoms with Crippen molar-refractivity contribution in [1.29, 1.82) is 0 Å². The molecule has 4 rings (SSSR count). The van der Waals surface area contributed by atoms with E-state index in [1.54, 1.807) is 18.9 Å². The number of amides is 2. The Kier molecular flexibility index (Phi) is 7.88. The Balaban J connectivity index is 1.48. The van der Waals surface area contributed by atoms with Crippen molar-refractivity contribution in [3.63, 3.8) is 0 Å². The number of morpholine rings is 1. The molecule has 2 aliphatic heterocycles. The molecular weight excluding hydrogens is 482 g/mol. The predicted octanol–water partition coefficient (Wildman–Crippen LogP) is 0.666. The zero-order valence-electron chi connectivity index (χ0n) is 18.8. The van der Waals surface area contributed by atoms with E-state index in [1.165, 1.54) is 33.3 Å². The monoisotopic (exact) mass is 509 g/mol. The van der Waals surface area contributed by atoms with Crippen molar-refractivity contribution in [2.75, 3.05) is 51.9 Å². The molecule has 2 aliphatic rings. The van der Waals surface area contributed by atoms with Crippen LogP contribution in [0.25, 0.3) is 0 Å². The topological polar surface area (TPSA) is 132 Å². The second-order valence-corrected chi connectivity index (χ2v) is 10.7. The van der Waals surface area contributed by atoms with Crippen molar-refractivity contribution in [3.05, 3.63) is 41.1 Å². The molecule has 2 N–H and O–H groups in total. The molecule has 0 spiro atoms. The van der Waals surface area contributed by atoms with E-state index in [4.69, 9.17) is 9.47 Å². The van der Waals surface area contributed by atoms with Gasteiger partial charge in [0.1, 0.15) is 12.4 Å². The lowest BCUT2D eigenvalue weighted by Gasteiger charge is -2.26. The molecule has 11 nitrogen and oxygen atoms in total. The number of thioether (sulfide) groups is 1. The zero-order chi connectivity index (χ0) is 24.1. The number of hydrogen-bond acceptors (Lipinski definition) is 8. The highest BCUT2D eigenvalue weighted by Gasteiger charge is 2.27. The lowest BCUT2D eigenvalue weighted by molar-refractivity contribution is -0.122. The Morgan fingerprint density at radius 2 is 1.91 bits per heavy atom. The van der Waals surface area contributed by atoms with Gasteiger partial charge >= 0.3 is 0 Å². The number of anilines is 1. The minimum Gasteiger partial charge on any atom is -0.383 e. The van der Waals surface area contributed by atoms with Gasteiger partial charge in [0.2, 0.25) is 15.9 Å². The molecule has 34 heavy (non-hydrogen) atoms. The molecule has 0 bridgehead atoms. The van der Waals surface area contributed by atoms with E-state index in [1.807, 2.05) is 0 Å². The van der Waals surface area contributed by atoms with Crippen molar-refractivity contribution in [2.24, 2.45) is 0 Å². The standard InChI is InChI=1S/C21H27N5O6S2/c1-31-9-6-22-19(27)12-26-20(17-13-33-14-18(17)24-26)23-21(28)15-2-4-16(5-3-15)34(29,30)25-7-10-32-11-8-25/h2-5H,6-14H2,1H3,(H,22,27)(H,23,28). The summed E-state index contributed by atoms with van der Waals surface area (Å²) in [4.78, 5) is 25.4. The summed E-state index contributed by atoms with van der Waals surface area (Å²) in [7, 11) is -2.09. The van der Waals surface area contributed by atoms with Crippen molar-refractivity contribution in [1.82, 2.24) is 19.4 Å². The van der Waals surface area contributed by atoms with Crippen LogP contribution in [-0.2, 0) is 42.3 Å². The molecule has 2 aromatic rings. The van der Waals surface area contributed by atoms with Gasteiger partial charge in [-0.2, -0.15) is 21.2 Å². The summed E-state index contributed by atoms with van der Waals surface area (Å²) in [5.41, 5.74) is 2.05. The van der Waals surface area contributed by atoms with Gasteiger partial charge in [0, 0.05) is 49.4 Å². The van der Waals surface area contributed by atoms with Crippen LogP contribution in [0.1, 0.15) is 21.6 Å². The molecule has 0 atom stereocenters. The number of ether oxygens (including phenoxy) is 2. The summed E-state index contributed by atoms with van der Waals surface area (Å²) < 4.78 is 38.6. The predicted molar refractivity (Wildman–Crippen MR) is 126 cm³/mol. The summed E-state index contributed by atoms with van der Waals surface area (Å²) >= 11 is 1.68. The number of nitrogens with one attached hydrogen (secondary N) is 2. The Labute approximate surface area is 202 Å². The molecule has 0 unspecified atom stereocenters. The highest BCUT2D eigenvalue weighted by Crippen LogP contribution is 2.35. The van der Waals surface area contributed by atoms with Gasteiger partial charge in [0.25, 0.3) is 5.91 Å². The van der Waals surface area contributed by atoms with Gasteiger partial charge in [-0.3, -0.25) is 9.59 Å². The third-order valence-electron chi connectivity index (χ3n) is 5.50. The van der Waals surface area contributed by atoms with Gasteiger partial charge in [-0.1, -0.05) is 0 Å². The van der Waals surface area contributed by atoms with Crippen molar-refractivity contribution in [2.45, 2.75) is 22.9 Å². The molecular formula is C21H27N5O6S2. The Morgan fingerprint density at radius 1 is 1.18 bits per heavy atom. The Morgan fingerprint density at radius 3 is 2.62 bits per heavy atom. The lowest BCUT2D eigenvalue weighted by atomic mass is 10.2. The summed E-state index contributed by atoms with van der Waals surface area (Å²) in [5, 5.41) is 10.1. The van der Waals surface area contributed by atoms with Crippen LogP contribution in [-0.4, -0.2) is 80.9 Å². The number of hydrogen-bond donors (Lipinski definition) is 2. The molecule has 1 saturated heterocycles. The molecule has 184 valence electrons. The van der Waals surface area contributed by atoms with Gasteiger partial charge in [-0.15, -0.1) is 0 Å². The van der Waals surface area contributed by atoms with Gasteiger partial charge in [0.05, 0.1) is 30.4 Å². The highest BCUT2D eigenvalue weighted by atomic mass is 32.2. The van der Waals surface area contributed by atoms with E-state index in [-0.39, 0.29) is 17.3 Å². The van der Waals surface area contributed by atoms with Gasteiger partial charge in [-0.25, -0.2) is 13.1 Å². The number of rotatable bonds is 9. The fourth-order valence-electron chi connectivity index (χ4n) is 3.70. The second-order valence-electron chi connectivity index (χ2n) is 7.76. The first-order chi connectivity index (χ1) is 16.4. The Bertz CT molecular complexity index is 1140. The van der Waals surface area contributed by atoms with Gasteiger partial charge < -0.3 is 20.1 Å². The number of benzene rings is 1. The van der Waals surface area contributed by atoms with Crippen LogP contribution in [0.5, 0.6) is 0 Å². The first-order valence-corrected chi connectivity index (χ1v) is 13.4. The third-order valence-corrected chi connectivity index (χ3v) is 8.38. The number of sulfonamides is 1. The number of carbonyl (C=O) groups excluding carboxylic acids is 2. The maximum Gasteiger partial charge on any atom is 0.256 e. The number of nitrogens with zero attached hydrogens (tertiary/aromatic N) is 3. The summed E-state index contributed by atoms with van der Waals surface area (Å²) in [6, 6.07) is 5.83. The number of aromatic nitrogens is 2. The van der Waals surface area contributed by atoms with E-state index in [0.29, 0.717) is 62.3 Å². The molecule has 0 saturated carbocycles. The maximum absolute atomic E-state index is 13.0. The van der Waals surface area contributed by atoms with Crippen molar-refractivity contribution < 1.29 is 27.5 Å². The fourth-order valence-corrected chi connectivity index (χ4v) is 6.14. The van der Waals surface area contributed by atoms with Crippen LogP contribution in [0.2, 0.25) is 0 Å². The molecule has 3 heterocycles. The highest BCUT2D eigenvalue weighted by molar-refractivity contribution is 7.98. The van der Waals surface area contributed by atoms with E-state index in [2.05, 4.69) is 15.7 Å². The van der Waals surface area contributed by atoms with Crippen LogP contribution in [0, 0.1) is 0 Å². The average Bonchev–Trinajstić information content (AvgIpc) is 3.42. The third kappa shape index (κ3) is 5.44. The van der Waals surface area contributed by atoms with Crippen LogP contribution < -0.4 is 10.6 Å². The largest absolute Gasteiger partial charge is 0.383 e. The number of methoxy groups -OCH3 is 1. The normalized spacial score (nSPS) is 16.3. The first kappa shape index (κ1) is 24.7. The van der Waals surface area contributed by atoms with E-state index < -0.39 is 15.9 Å². The van der Waals surface area contributed by atoms with E-state index in [9.17, 15) is 18.0 Å². The average molecular weight is 510 g/mol. The Hall–Kier alpha value is -2.45. The SMILES string of the molecule is COCCNC(=O)Cn1nc2c(c1NC(=O)c1ccc(S(=O)(=O)N3CCOCC3)cc1)CSC2. The summed E-state index contributed by atoms with van der Waals surface area (Å²) in [6.45, 7) is 2.08. The summed E-state index contributed by atoms with van der Waals surface area (Å²) in [5.74, 6) is 1.24. The van der Waals surface area contributed by atoms with Crippen LogP contribution in [0.15, 0.2) is 29.2 Å². The maximum atomic E-state index is 13.0. The zero-order valence-corrected chi connectivity index (χ0v) is 20.4. The fraction of sp³-hybridized carbons (Fsp3) is 0.476. The van der Waals surface area contributed by atoms with Crippen LogP contribution in [0.3, 0.4) is 0 Å². The molecule has 1 aromatic carbocycles. The van der Waals surface area contributed by atoms with E-state index >= 15 is 0 Å².